The zero-order valence-electron chi connectivity index (χ0n) is 26.7. The third-order valence-electron chi connectivity index (χ3n) is 9.61. The van der Waals surface area contributed by atoms with Gasteiger partial charge < -0.3 is 9.13 Å². The summed E-state index contributed by atoms with van der Waals surface area (Å²) in [6.07, 6.45) is 0. The van der Waals surface area contributed by atoms with Crippen molar-refractivity contribution in [3.63, 3.8) is 0 Å². The molecule has 0 radical (unpaired) electrons. The van der Waals surface area contributed by atoms with Crippen molar-refractivity contribution in [3.8, 4) is 45.8 Å². The molecule has 9 rings (SSSR count). The summed E-state index contributed by atoms with van der Waals surface area (Å²) >= 11 is 0. The van der Waals surface area contributed by atoms with Gasteiger partial charge in [-0.15, -0.1) is 0 Å². The molecule has 0 unspecified atom stereocenters. The number of fused-ring (bicyclic) bond motifs is 6. The lowest BCUT2D eigenvalue weighted by atomic mass is 9.94. The summed E-state index contributed by atoms with van der Waals surface area (Å²) < 4.78 is 4.42. The van der Waals surface area contributed by atoms with Crippen molar-refractivity contribution in [2.24, 2.45) is 0 Å². The van der Waals surface area contributed by atoms with Crippen LogP contribution in [0, 0.1) is 29.2 Å². The van der Waals surface area contributed by atoms with Crippen molar-refractivity contribution in [1.29, 1.82) is 10.5 Å². The van der Waals surface area contributed by atoms with Gasteiger partial charge in [0.2, 0.25) is 5.69 Å². The van der Waals surface area contributed by atoms with Crippen LogP contribution in [0.2, 0.25) is 0 Å². The Labute approximate surface area is 288 Å². The highest BCUT2D eigenvalue weighted by molar-refractivity contribution is 6.14. The first kappa shape index (κ1) is 28.8. The van der Waals surface area contributed by atoms with Crippen LogP contribution in [0.1, 0.15) is 11.1 Å². The molecule has 5 nitrogen and oxygen atoms in total. The van der Waals surface area contributed by atoms with Crippen LogP contribution >= 0.6 is 0 Å². The molecule has 9 aromatic rings. The number of aromatic nitrogens is 2. The van der Waals surface area contributed by atoms with Crippen LogP contribution < -0.4 is 0 Å². The Bertz CT molecular complexity index is 2920. The van der Waals surface area contributed by atoms with Gasteiger partial charge in [-0.25, -0.2) is 4.85 Å². The van der Waals surface area contributed by atoms with Crippen LogP contribution in [0.4, 0.5) is 5.69 Å². The zero-order valence-corrected chi connectivity index (χ0v) is 26.7. The van der Waals surface area contributed by atoms with Gasteiger partial charge in [-0.05, 0) is 77.2 Å². The van der Waals surface area contributed by atoms with Crippen molar-refractivity contribution in [2.45, 2.75) is 0 Å². The summed E-state index contributed by atoms with van der Waals surface area (Å²) in [5.74, 6) is 0. The second-order valence-corrected chi connectivity index (χ2v) is 12.3. The molecule has 0 bridgehead atoms. The Kier molecular flexibility index (Phi) is 6.56. The van der Waals surface area contributed by atoms with Gasteiger partial charge in [0, 0.05) is 33.0 Å². The van der Waals surface area contributed by atoms with Crippen LogP contribution in [-0.4, -0.2) is 9.13 Å². The van der Waals surface area contributed by atoms with Crippen molar-refractivity contribution in [3.05, 3.63) is 174 Å². The lowest BCUT2D eigenvalue weighted by Crippen LogP contribution is -1.98. The van der Waals surface area contributed by atoms with Gasteiger partial charge in [0.15, 0.2) is 0 Å². The van der Waals surface area contributed by atoms with E-state index in [1.54, 1.807) is 0 Å². The molecule has 2 heterocycles. The molecule has 2 aromatic heterocycles. The maximum atomic E-state index is 10.3. The van der Waals surface area contributed by atoms with Crippen LogP contribution in [0.25, 0.3) is 82.1 Å². The molecule has 0 amide bonds. The number of nitriles is 2. The van der Waals surface area contributed by atoms with Gasteiger partial charge in [0.1, 0.15) is 0 Å². The molecule has 0 aliphatic heterocycles. The topological polar surface area (TPSA) is 61.8 Å². The SMILES string of the molecule is [C-]#[N+]c1cccc2c3cc(C#N)ccc3n(-c3ccccc3-c3ccc(C#N)c(-c4cccc(-n5c6ccccc6c6ccccc65)c4)c3)c12. The Morgan fingerprint density at radius 2 is 1.18 bits per heavy atom. The fourth-order valence-electron chi connectivity index (χ4n) is 7.43. The van der Waals surface area contributed by atoms with Crippen molar-refractivity contribution >= 4 is 49.3 Å². The number of hydrogen-bond acceptors (Lipinski definition) is 2. The summed E-state index contributed by atoms with van der Waals surface area (Å²) in [5, 5.41) is 24.2. The molecule has 0 aliphatic carbocycles. The molecule has 0 saturated carbocycles. The minimum Gasteiger partial charge on any atom is -0.318 e. The number of rotatable bonds is 4. The average Bonchev–Trinajstić information content (AvgIpc) is 3.70. The molecule has 5 heteroatoms. The lowest BCUT2D eigenvalue weighted by molar-refractivity contribution is 1.18. The number of nitrogens with zero attached hydrogens (tertiary/aromatic N) is 5. The first-order valence-electron chi connectivity index (χ1n) is 16.3. The number of benzene rings is 7. The predicted molar refractivity (Wildman–Crippen MR) is 202 cm³/mol. The van der Waals surface area contributed by atoms with E-state index in [4.69, 9.17) is 6.57 Å². The molecule has 0 saturated heterocycles. The maximum absolute atomic E-state index is 10.3. The van der Waals surface area contributed by atoms with E-state index in [0.717, 1.165) is 66.5 Å². The van der Waals surface area contributed by atoms with Gasteiger partial charge in [-0.1, -0.05) is 91.0 Å². The van der Waals surface area contributed by atoms with Crippen molar-refractivity contribution < 1.29 is 0 Å². The molecule has 0 atom stereocenters. The summed E-state index contributed by atoms with van der Waals surface area (Å²) in [6.45, 7) is 8.01. The van der Waals surface area contributed by atoms with Crippen LogP contribution in [0.3, 0.4) is 0 Å². The first-order valence-corrected chi connectivity index (χ1v) is 16.3. The molecular weight excluding hydrogens is 611 g/mol. The third-order valence-corrected chi connectivity index (χ3v) is 9.61. The summed E-state index contributed by atoms with van der Waals surface area (Å²) in [5.41, 5.74) is 11.3. The summed E-state index contributed by atoms with van der Waals surface area (Å²) in [6, 6.07) is 55.5. The smallest absolute Gasteiger partial charge is 0.211 e. The summed E-state index contributed by atoms with van der Waals surface area (Å²) in [4.78, 5) is 3.89. The summed E-state index contributed by atoms with van der Waals surface area (Å²) in [7, 11) is 0. The number of para-hydroxylation sites is 4. The monoisotopic (exact) mass is 635 g/mol. The fraction of sp³-hybridized carbons (Fsp3) is 0. The van der Waals surface area contributed by atoms with E-state index in [1.165, 1.54) is 10.8 Å². The molecule has 0 aliphatic rings. The average molecular weight is 636 g/mol. The van der Waals surface area contributed by atoms with E-state index < -0.39 is 0 Å². The highest BCUT2D eigenvalue weighted by atomic mass is 15.0. The van der Waals surface area contributed by atoms with E-state index in [2.05, 4.69) is 117 Å². The minimum absolute atomic E-state index is 0.536. The molecule has 7 aromatic carbocycles. The second kappa shape index (κ2) is 11.4. The molecule has 0 fully saturated rings. The highest BCUT2D eigenvalue weighted by Gasteiger charge is 2.20. The zero-order chi connectivity index (χ0) is 33.8. The van der Waals surface area contributed by atoms with Crippen molar-refractivity contribution in [2.75, 3.05) is 0 Å². The van der Waals surface area contributed by atoms with Crippen molar-refractivity contribution in [1.82, 2.24) is 9.13 Å². The van der Waals surface area contributed by atoms with Crippen LogP contribution in [0.5, 0.6) is 0 Å². The Balaban J connectivity index is 1.25. The van der Waals surface area contributed by atoms with Crippen LogP contribution in [-0.2, 0) is 0 Å². The third kappa shape index (κ3) is 4.31. The van der Waals surface area contributed by atoms with E-state index in [-0.39, 0.29) is 0 Å². The molecule has 0 spiro atoms. The molecule has 0 N–H and O–H groups in total. The molecule has 230 valence electrons. The predicted octanol–water partition coefficient (Wildman–Crippen LogP) is 11.5. The van der Waals surface area contributed by atoms with E-state index in [9.17, 15) is 10.5 Å². The van der Waals surface area contributed by atoms with Gasteiger partial charge in [0.05, 0.1) is 57.6 Å². The van der Waals surface area contributed by atoms with E-state index in [0.29, 0.717) is 16.8 Å². The normalized spacial score (nSPS) is 11.1. The van der Waals surface area contributed by atoms with Gasteiger partial charge in [-0.2, -0.15) is 10.5 Å². The quantitative estimate of drug-likeness (QED) is 0.181. The molecule has 50 heavy (non-hydrogen) atoms. The van der Waals surface area contributed by atoms with Gasteiger partial charge in [-0.3, -0.25) is 0 Å². The van der Waals surface area contributed by atoms with E-state index >= 15 is 0 Å². The minimum atomic E-state index is 0.536. The lowest BCUT2D eigenvalue weighted by Gasteiger charge is -2.16. The largest absolute Gasteiger partial charge is 0.318 e. The highest BCUT2D eigenvalue weighted by Crippen LogP contribution is 2.41. The van der Waals surface area contributed by atoms with Crippen LogP contribution in [0.15, 0.2) is 152 Å². The maximum Gasteiger partial charge on any atom is 0.211 e. The Hall–Kier alpha value is -7.39. The van der Waals surface area contributed by atoms with Gasteiger partial charge in [0.25, 0.3) is 0 Å². The second-order valence-electron chi connectivity index (χ2n) is 12.3. The van der Waals surface area contributed by atoms with Gasteiger partial charge >= 0.3 is 0 Å². The molecular formula is C45H25N5. The first-order chi connectivity index (χ1) is 24.7. The standard InChI is InChI=1S/C45H25N5/c1-48-40-16-9-15-37-39-24-29(27-46)20-23-44(39)50(45(37)40)41-17-5-2-12-34(41)31-21-22-32(28-47)38(26-31)30-10-8-11-33(25-30)49-42-18-6-3-13-35(42)36-14-4-7-19-43(36)49/h2-26H. The number of hydrogen-bond donors (Lipinski definition) is 0. The fourth-order valence-corrected chi connectivity index (χ4v) is 7.43. The van der Waals surface area contributed by atoms with E-state index in [1.807, 2.05) is 60.7 Å². The Morgan fingerprint density at radius 1 is 0.500 bits per heavy atom. The Morgan fingerprint density at radius 3 is 1.94 bits per heavy atom.